The van der Waals surface area contributed by atoms with Gasteiger partial charge in [-0.1, -0.05) is 11.6 Å². The molecule has 1 atom stereocenters. The van der Waals surface area contributed by atoms with Crippen molar-refractivity contribution in [1.82, 2.24) is 10.2 Å². The summed E-state index contributed by atoms with van der Waals surface area (Å²) >= 11 is 7.34. The lowest BCUT2D eigenvalue weighted by atomic mass is 10.1. The van der Waals surface area contributed by atoms with Crippen LogP contribution in [0.5, 0.6) is 0 Å². The fraction of sp³-hybridized carbons (Fsp3) is 0.267. The lowest BCUT2D eigenvalue weighted by Crippen LogP contribution is -2.36. The number of nitro benzene ring substituents is 1. The minimum Gasteiger partial charge on any atom is -0.336 e. The van der Waals surface area contributed by atoms with Crippen LogP contribution < -0.4 is 10.6 Å². The van der Waals surface area contributed by atoms with E-state index >= 15 is 0 Å². The molecule has 0 spiro atoms. The fourth-order valence-electron chi connectivity index (χ4n) is 2.16. The van der Waals surface area contributed by atoms with Gasteiger partial charge in [0, 0.05) is 18.3 Å². The summed E-state index contributed by atoms with van der Waals surface area (Å²) in [5, 5.41) is 20.3. The van der Waals surface area contributed by atoms with Gasteiger partial charge in [0.2, 0.25) is 0 Å². The summed E-state index contributed by atoms with van der Waals surface area (Å²) in [5.74, 6) is 0. The number of amides is 2. The molecule has 7 nitrogen and oxygen atoms in total. The van der Waals surface area contributed by atoms with Gasteiger partial charge in [0.25, 0.3) is 5.69 Å². The number of urea groups is 1. The van der Waals surface area contributed by atoms with Crippen molar-refractivity contribution in [2.75, 3.05) is 26.0 Å². The number of hydrogen-bond donors (Lipinski definition) is 2. The Balaban J connectivity index is 1.98. The molecule has 2 aromatic rings. The van der Waals surface area contributed by atoms with Crippen LogP contribution in [0, 0.1) is 10.1 Å². The van der Waals surface area contributed by atoms with Crippen molar-refractivity contribution in [2.24, 2.45) is 0 Å². The third-order valence-corrected chi connectivity index (χ3v) is 4.43. The Morgan fingerprint density at radius 2 is 2.17 bits per heavy atom. The van der Waals surface area contributed by atoms with Crippen LogP contribution in [0.4, 0.5) is 16.2 Å². The highest BCUT2D eigenvalue weighted by atomic mass is 35.5. The van der Waals surface area contributed by atoms with Crippen molar-refractivity contribution in [3.63, 3.8) is 0 Å². The van der Waals surface area contributed by atoms with Crippen molar-refractivity contribution in [3.05, 3.63) is 55.7 Å². The van der Waals surface area contributed by atoms with E-state index in [1.165, 1.54) is 18.2 Å². The van der Waals surface area contributed by atoms with Crippen molar-refractivity contribution in [2.45, 2.75) is 6.04 Å². The molecule has 0 bridgehead atoms. The molecule has 0 saturated heterocycles. The van der Waals surface area contributed by atoms with E-state index in [1.54, 1.807) is 11.3 Å². The number of nitrogens with zero attached hydrogens (tertiary/aromatic N) is 2. The first-order valence-corrected chi connectivity index (χ1v) is 8.38. The van der Waals surface area contributed by atoms with Gasteiger partial charge in [-0.05, 0) is 48.6 Å². The predicted octanol–water partition coefficient (Wildman–Crippen LogP) is 3.73. The van der Waals surface area contributed by atoms with E-state index in [-0.39, 0.29) is 16.8 Å². The Morgan fingerprint density at radius 3 is 2.75 bits per heavy atom. The van der Waals surface area contributed by atoms with Gasteiger partial charge < -0.3 is 15.5 Å². The molecule has 1 aromatic carbocycles. The number of likely N-dealkylation sites (N-methyl/N-ethyl adjacent to an activating group) is 1. The van der Waals surface area contributed by atoms with Crippen molar-refractivity contribution >= 4 is 40.3 Å². The summed E-state index contributed by atoms with van der Waals surface area (Å²) in [6, 6.07) is 5.73. The molecule has 128 valence electrons. The van der Waals surface area contributed by atoms with Crippen LogP contribution in [0.1, 0.15) is 11.6 Å². The molecule has 0 saturated carbocycles. The van der Waals surface area contributed by atoms with Crippen molar-refractivity contribution < 1.29 is 9.72 Å². The molecule has 0 aliphatic rings. The van der Waals surface area contributed by atoms with E-state index in [4.69, 9.17) is 11.6 Å². The Bertz CT molecular complexity index is 722. The first-order chi connectivity index (χ1) is 11.4. The number of nitro groups is 1. The lowest BCUT2D eigenvalue weighted by molar-refractivity contribution is -0.384. The predicted molar refractivity (Wildman–Crippen MR) is 95.9 cm³/mol. The quantitative estimate of drug-likeness (QED) is 0.600. The molecule has 1 heterocycles. The zero-order valence-electron chi connectivity index (χ0n) is 13.2. The number of halogens is 1. The molecule has 0 fully saturated rings. The molecular formula is C15H17ClN4O3S. The van der Waals surface area contributed by atoms with Crippen LogP contribution in [0.2, 0.25) is 5.02 Å². The minimum absolute atomic E-state index is 0.0242. The standard InChI is InChI=1S/C15H17ClN4O3S/c1-19(2)14(10-5-6-24-9-10)8-17-15(21)18-11-3-4-12(16)13(7-11)20(22)23/h3-7,9,14H,8H2,1-2H3,(H2,17,18,21)/t14-/m0/s1. The fourth-order valence-corrected chi connectivity index (χ4v) is 3.05. The molecule has 0 aliphatic heterocycles. The molecule has 0 radical (unpaired) electrons. The first kappa shape index (κ1) is 18.2. The van der Waals surface area contributed by atoms with Crippen molar-refractivity contribution in [3.8, 4) is 0 Å². The Labute approximate surface area is 148 Å². The number of carbonyl (C=O) groups is 1. The molecule has 2 N–H and O–H groups in total. The van der Waals surface area contributed by atoms with Gasteiger partial charge in [-0.2, -0.15) is 11.3 Å². The second-order valence-electron chi connectivity index (χ2n) is 5.29. The SMILES string of the molecule is CN(C)[C@@H](CNC(=O)Nc1ccc(Cl)c([N+](=O)[O-])c1)c1ccsc1. The van der Waals surface area contributed by atoms with Gasteiger partial charge >= 0.3 is 6.03 Å². The number of thiophene rings is 1. The van der Waals surface area contributed by atoms with Gasteiger partial charge in [-0.15, -0.1) is 0 Å². The van der Waals surface area contributed by atoms with E-state index in [0.29, 0.717) is 12.2 Å². The Morgan fingerprint density at radius 1 is 1.42 bits per heavy atom. The highest BCUT2D eigenvalue weighted by Crippen LogP contribution is 2.27. The van der Waals surface area contributed by atoms with Crippen LogP contribution in [-0.4, -0.2) is 36.5 Å². The zero-order chi connectivity index (χ0) is 17.7. The summed E-state index contributed by atoms with van der Waals surface area (Å²) in [5.41, 5.74) is 1.17. The third kappa shape index (κ3) is 4.67. The Hall–Kier alpha value is -2.16. The van der Waals surface area contributed by atoms with Crippen molar-refractivity contribution in [1.29, 1.82) is 0 Å². The molecule has 0 aliphatic carbocycles. The monoisotopic (exact) mass is 368 g/mol. The normalized spacial score (nSPS) is 12.0. The molecule has 9 heteroatoms. The lowest BCUT2D eigenvalue weighted by Gasteiger charge is -2.24. The maximum absolute atomic E-state index is 12.0. The number of rotatable bonds is 6. The second-order valence-corrected chi connectivity index (χ2v) is 6.48. The number of nitrogens with one attached hydrogen (secondary N) is 2. The highest BCUT2D eigenvalue weighted by Gasteiger charge is 2.17. The molecular weight excluding hydrogens is 352 g/mol. The summed E-state index contributed by atoms with van der Waals surface area (Å²) in [6.07, 6.45) is 0. The number of anilines is 1. The van der Waals surface area contributed by atoms with Gasteiger partial charge in [0.1, 0.15) is 5.02 Å². The number of benzene rings is 1. The van der Waals surface area contributed by atoms with E-state index in [9.17, 15) is 14.9 Å². The van der Waals surface area contributed by atoms with Gasteiger partial charge in [0.05, 0.1) is 11.0 Å². The van der Waals surface area contributed by atoms with Gasteiger partial charge in [-0.25, -0.2) is 4.79 Å². The molecule has 1 aromatic heterocycles. The summed E-state index contributed by atoms with van der Waals surface area (Å²) in [4.78, 5) is 24.3. The van der Waals surface area contributed by atoms with Gasteiger partial charge in [-0.3, -0.25) is 10.1 Å². The minimum atomic E-state index is -0.593. The maximum Gasteiger partial charge on any atom is 0.319 e. The van der Waals surface area contributed by atoms with Crippen LogP contribution >= 0.6 is 22.9 Å². The average Bonchev–Trinajstić information content (AvgIpc) is 3.03. The smallest absolute Gasteiger partial charge is 0.319 e. The third-order valence-electron chi connectivity index (χ3n) is 3.41. The topological polar surface area (TPSA) is 87.5 Å². The molecule has 2 amide bonds. The van der Waals surface area contributed by atoms with Gasteiger partial charge in [0.15, 0.2) is 0 Å². The number of hydrogen-bond acceptors (Lipinski definition) is 5. The van der Waals surface area contributed by atoms with Crippen LogP contribution in [0.25, 0.3) is 0 Å². The van der Waals surface area contributed by atoms with Crippen LogP contribution in [0.3, 0.4) is 0 Å². The maximum atomic E-state index is 12.0. The van der Waals surface area contributed by atoms with Crippen LogP contribution in [0.15, 0.2) is 35.0 Å². The zero-order valence-corrected chi connectivity index (χ0v) is 14.7. The highest BCUT2D eigenvalue weighted by molar-refractivity contribution is 7.07. The van der Waals surface area contributed by atoms with E-state index in [2.05, 4.69) is 10.6 Å². The van der Waals surface area contributed by atoms with E-state index in [0.717, 1.165) is 5.56 Å². The summed E-state index contributed by atoms with van der Waals surface area (Å²) in [7, 11) is 3.87. The van der Waals surface area contributed by atoms with Crippen LogP contribution in [-0.2, 0) is 0 Å². The summed E-state index contributed by atoms with van der Waals surface area (Å²) < 4.78 is 0. The first-order valence-electron chi connectivity index (χ1n) is 7.06. The number of carbonyl (C=O) groups excluding carboxylic acids is 1. The molecule has 24 heavy (non-hydrogen) atoms. The molecule has 2 rings (SSSR count). The van der Waals surface area contributed by atoms with E-state index < -0.39 is 11.0 Å². The molecule has 0 unspecified atom stereocenters. The summed E-state index contributed by atoms with van der Waals surface area (Å²) in [6.45, 7) is 0.408. The van der Waals surface area contributed by atoms with E-state index in [1.807, 2.05) is 35.8 Å². The largest absolute Gasteiger partial charge is 0.336 e. The Kier molecular flexibility index (Phi) is 6.13. The average molecular weight is 369 g/mol. The second kappa shape index (κ2) is 8.09.